The Morgan fingerprint density at radius 1 is 0.536 bits per heavy atom. The Hall–Kier alpha value is -3.12. The smallest absolute Gasteiger partial charge is 0.00985 e. The first-order chi connectivity index (χ1) is 13.9. The van der Waals surface area contributed by atoms with Crippen molar-refractivity contribution in [2.45, 2.75) is 25.2 Å². The van der Waals surface area contributed by atoms with Crippen LogP contribution in [-0.2, 0) is 6.42 Å². The van der Waals surface area contributed by atoms with E-state index in [-0.39, 0.29) is 0 Å². The topological polar surface area (TPSA) is 0 Å². The van der Waals surface area contributed by atoms with Gasteiger partial charge in [0.05, 0.1) is 0 Å². The molecule has 0 aromatic heterocycles. The number of benzene rings is 5. The van der Waals surface area contributed by atoms with Crippen molar-refractivity contribution in [3.8, 4) is 0 Å². The lowest BCUT2D eigenvalue weighted by Crippen LogP contribution is -2.11. The van der Waals surface area contributed by atoms with E-state index in [0.717, 1.165) is 0 Å². The summed E-state index contributed by atoms with van der Waals surface area (Å²) in [4.78, 5) is 0. The highest BCUT2D eigenvalue weighted by atomic mass is 14.3. The molecule has 134 valence electrons. The Kier molecular flexibility index (Phi) is 3.52. The van der Waals surface area contributed by atoms with Gasteiger partial charge >= 0.3 is 0 Å². The number of hydrogen-bond acceptors (Lipinski definition) is 0. The number of rotatable bonds is 1. The van der Waals surface area contributed by atoms with Crippen LogP contribution in [0.1, 0.15) is 35.4 Å². The van der Waals surface area contributed by atoms with E-state index in [1.807, 2.05) is 0 Å². The molecule has 0 bridgehead atoms. The minimum absolute atomic E-state index is 0.484. The zero-order valence-corrected chi connectivity index (χ0v) is 15.9. The molecule has 0 fully saturated rings. The van der Waals surface area contributed by atoms with E-state index in [0.29, 0.717) is 5.92 Å². The van der Waals surface area contributed by atoms with Crippen molar-refractivity contribution in [3.63, 3.8) is 0 Å². The summed E-state index contributed by atoms with van der Waals surface area (Å²) in [5, 5.41) is 8.14. The van der Waals surface area contributed by atoms with Crippen LogP contribution in [-0.4, -0.2) is 0 Å². The number of fused-ring (bicyclic) bond motifs is 4. The highest BCUT2D eigenvalue weighted by Crippen LogP contribution is 2.41. The van der Waals surface area contributed by atoms with Crippen LogP contribution >= 0.6 is 0 Å². The third-order valence-electron chi connectivity index (χ3n) is 6.48. The molecule has 0 heterocycles. The van der Waals surface area contributed by atoms with Crippen LogP contribution in [0.2, 0.25) is 0 Å². The zero-order valence-electron chi connectivity index (χ0n) is 15.9. The van der Waals surface area contributed by atoms with Gasteiger partial charge in [0, 0.05) is 5.92 Å². The summed E-state index contributed by atoms with van der Waals surface area (Å²) >= 11 is 0. The molecule has 1 aliphatic rings. The summed E-state index contributed by atoms with van der Waals surface area (Å²) < 4.78 is 0. The molecule has 6 rings (SSSR count). The second kappa shape index (κ2) is 6.21. The van der Waals surface area contributed by atoms with Crippen molar-refractivity contribution in [1.82, 2.24) is 0 Å². The van der Waals surface area contributed by atoms with Gasteiger partial charge in [0.1, 0.15) is 0 Å². The molecule has 0 aliphatic heterocycles. The highest BCUT2D eigenvalue weighted by molar-refractivity contribution is 6.00. The van der Waals surface area contributed by atoms with E-state index in [9.17, 15) is 0 Å². The lowest BCUT2D eigenvalue weighted by Gasteiger charge is -2.28. The predicted molar refractivity (Wildman–Crippen MR) is 120 cm³/mol. The quantitative estimate of drug-likeness (QED) is 0.270. The molecule has 28 heavy (non-hydrogen) atoms. The second-order valence-electron chi connectivity index (χ2n) is 8.11. The van der Waals surface area contributed by atoms with E-state index in [2.05, 4.69) is 91.0 Å². The third-order valence-corrected chi connectivity index (χ3v) is 6.48. The maximum atomic E-state index is 2.45. The minimum atomic E-state index is 0.484. The largest absolute Gasteiger partial charge is 0.0616 e. The van der Waals surface area contributed by atoms with E-state index < -0.39 is 0 Å². The monoisotopic (exact) mass is 358 g/mol. The molecule has 5 aromatic rings. The lowest BCUT2D eigenvalue weighted by atomic mass is 9.76. The normalized spacial score (nSPS) is 16.5. The minimum Gasteiger partial charge on any atom is -0.0616 e. The number of hydrogen-bond donors (Lipinski definition) is 0. The highest BCUT2D eigenvalue weighted by Gasteiger charge is 2.23. The first kappa shape index (κ1) is 15.9. The molecular weight excluding hydrogens is 336 g/mol. The van der Waals surface area contributed by atoms with Gasteiger partial charge in [0.2, 0.25) is 0 Å². The average Bonchev–Trinajstić information content (AvgIpc) is 2.75. The molecule has 0 nitrogen and oxygen atoms in total. The van der Waals surface area contributed by atoms with Crippen molar-refractivity contribution in [3.05, 3.63) is 108 Å². The van der Waals surface area contributed by atoms with E-state index in [1.54, 1.807) is 0 Å². The molecule has 0 amide bonds. The van der Waals surface area contributed by atoms with Crippen LogP contribution < -0.4 is 0 Å². The molecule has 0 saturated heterocycles. The molecular formula is C28H22. The fraction of sp³-hybridized carbons (Fsp3) is 0.143. The van der Waals surface area contributed by atoms with E-state index >= 15 is 0 Å². The SMILES string of the molecule is c1ccc2cc3c(cc2c1)CCCC3c1cccc2cc3ccccc3cc12. The van der Waals surface area contributed by atoms with Gasteiger partial charge < -0.3 is 0 Å². The van der Waals surface area contributed by atoms with Crippen LogP contribution in [0.15, 0.2) is 91.0 Å². The maximum Gasteiger partial charge on any atom is 0.00985 e. The van der Waals surface area contributed by atoms with Crippen LogP contribution in [0.5, 0.6) is 0 Å². The van der Waals surface area contributed by atoms with Gasteiger partial charge in [-0.1, -0.05) is 78.9 Å². The van der Waals surface area contributed by atoms with E-state index in [4.69, 9.17) is 0 Å². The summed E-state index contributed by atoms with van der Waals surface area (Å²) in [6, 6.07) is 34.0. The predicted octanol–water partition coefficient (Wildman–Crippen LogP) is 7.61. The first-order valence-electron chi connectivity index (χ1n) is 10.3. The van der Waals surface area contributed by atoms with Crippen LogP contribution in [0.25, 0.3) is 32.3 Å². The van der Waals surface area contributed by atoms with Crippen LogP contribution in [0.3, 0.4) is 0 Å². The van der Waals surface area contributed by atoms with Crippen LogP contribution in [0.4, 0.5) is 0 Å². The molecule has 0 radical (unpaired) electrons. The molecule has 0 saturated carbocycles. The molecule has 0 N–H and O–H groups in total. The van der Waals surface area contributed by atoms with Gasteiger partial charge in [-0.25, -0.2) is 0 Å². The van der Waals surface area contributed by atoms with Crippen molar-refractivity contribution >= 4 is 32.3 Å². The molecule has 1 aliphatic carbocycles. The first-order valence-corrected chi connectivity index (χ1v) is 10.3. The van der Waals surface area contributed by atoms with Crippen LogP contribution in [0, 0.1) is 0 Å². The molecule has 0 heteroatoms. The van der Waals surface area contributed by atoms with Gasteiger partial charge in [-0.05, 0) is 80.4 Å². The summed E-state index contributed by atoms with van der Waals surface area (Å²) in [6.45, 7) is 0. The van der Waals surface area contributed by atoms with Crippen molar-refractivity contribution in [1.29, 1.82) is 0 Å². The molecule has 5 aromatic carbocycles. The van der Waals surface area contributed by atoms with E-state index in [1.165, 1.54) is 68.3 Å². The van der Waals surface area contributed by atoms with Gasteiger partial charge in [-0.15, -0.1) is 0 Å². The summed E-state index contributed by atoms with van der Waals surface area (Å²) in [7, 11) is 0. The fourth-order valence-electron chi connectivity index (χ4n) is 5.12. The van der Waals surface area contributed by atoms with Crippen molar-refractivity contribution in [2.24, 2.45) is 0 Å². The summed E-state index contributed by atoms with van der Waals surface area (Å²) in [5.74, 6) is 0.484. The maximum absolute atomic E-state index is 2.45. The van der Waals surface area contributed by atoms with Gasteiger partial charge in [-0.2, -0.15) is 0 Å². The fourth-order valence-corrected chi connectivity index (χ4v) is 5.12. The van der Waals surface area contributed by atoms with Crippen molar-refractivity contribution in [2.75, 3.05) is 0 Å². The number of aryl methyl sites for hydroxylation is 1. The summed E-state index contributed by atoms with van der Waals surface area (Å²) in [6.07, 6.45) is 3.70. The molecule has 1 atom stereocenters. The Balaban J connectivity index is 1.60. The second-order valence-corrected chi connectivity index (χ2v) is 8.11. The Morgan fingerprint density at radius 2 is 1.18 bits per heavy atom. The molecule has 1 unspecified atom stereocenters. The average molecular weight is 358 g/mol. The lowest BCUT2D eigenvalue weighted by molar-refractivity contribution is 0.620. The van der Waals surface area contributed by atoms with Crippen molar-refractivity contribution < 1.29 is 0 Å². The Labute approximate surface area is 165 Å². The Bertz CT molecular complexity index is 1340. The Morgan fingerprint density at radius 3 is 1.96 bits per heavy atom. The standard InChI is InChI=1S/C28H22/c1-3-9-21-17-27-23(15-19(21)7-1)11-5-13-25(27)26-14-6-12-24-16-20-8-2-4-10-22(20)18-28(24)26/h1-5,7-11,13,15-18,26H,6,12,14H2. The zero-order chi connectivity index (χ0) is 18.5. The summed E-state index contributed by atoms with van der Waals surface area (Å²) in [5.41, 5.74) is 4.55. The van der Waals surface area contributed by atoms with Gasteiger partial charge in [0.25, 0.3) is 0 Å². The van der Waals surface area contributed by atoms with Gasteiger partial charge in [-0.3, -0.25) is 0 Å². The molecule has 0 spiro atoms. The van der Waals surface area contributed by atoms with Gasteiger partial charge in [0.15, 0.2) is 0 Å². The third kappa shape index (κ3) is 2.45.